The normalized spacial score (nSPS) is 12.7. The molecule has 0 bridgehead atoms. The summed E-state index contributed by atoms with van der Waals surface area (Å²) in [6.45, 7) is 6.45. The fraction of sp³-hybridized carbons (Fsp3) is 0.423. The summed E-state index contributed by atoms with van der Waals surface area (Å²) in [5.74, 6) is -2.08. The second-order valence-electron chi connectivity index (χ2n) is 8.76. The molecule has 2 aromatic rings. The summed E-state index contributed by atoms with van der Waals surface area (Å²) in [4.78, 5) is 32.5. The van der Waals surface area contributed by atoms with Crippen molar-refractivity contribution in [3.8, 4) is 0 Å². The maximum absolute atomic E-state index is 14.5. The lowest BCUT2D eigenvalue weighted by Crippen LogP contribution is -2.28. The minimum atomic E-state index is -1.08. The number of aliphatic carboxylic acids is 2. The van der Waals surface area contributed by atoms with Gasteiger partial charge in [-0.25, -0.2) is 4.39 Å². The summed E-state index contributed by atoms with van der Waals surface area (Å²) in [6, 6.07) is 8.90. The van der Waals surface area contributed by atoms with Crippen LogP contribution in [0.2, 0.25) is 5.02 Å². The highest BCUT2D eigenvalue weighted by molar-refractivity contribution is 7.98. The van der Waals surface area contributed by atoms with Gasteiger partial charge in [0.25, 0.3) is 5.91 Å². The van der Waals surface area contributed by atoms with Crippen LogP contribution in [0.5, 0.6) is 0 Å². The average Bonchev–Trinajstić information content (AvgIpc) is 3.07. The lowest BCUT2D eigenvalue weighted by molar-refractivity contribution is -0.143. The van der Waals surface area contributed by atoms with Crippen LogP contribution in [-0.2, 0) is 28.2 Å². The van der Waals surface area contributed by atoms with Crippen LogP contribution in [0.25, 0.3) is 0 Å². The molecule has 0 aromatic heterocycles. The number of hydrogen-bond acceptors (Lipinski definition) is 5. The highest BCUT2D eigenvalue weighted by atomic mass is 35.5. The van der Waals surface area contributed by atoms with E-state index < -0.39 is 17.8 Å². The van der Waals surface area contributed by atoms with Gasteiger partial charge in [0.1, 0.15) is 5.82 Å². The topological polar surface area (TPSA) is 116 Å². The molecule has 0 aliphatic carbocycles. The van der Waals surface area contributed by atoms with E-state index >= 15 is 0 Å². The molecule has 3 rings (SSSR count). The molecule has 0 atom stereocenters. The summed E-state index contributed by atoms with van der Waals surface area (Å²) < 4.78 is 14.5. The predicted octanol–water partition coefficient (Wildman–Crippen LogP) is 4.78. The highest BCUT2D eigenvalue weighted by Crippen LogP contribution is 2.36. The molecule has 1 heterocycles. The fourth-order valence-corrected chi connectivity index (χ4v) is 4.90. The predicted molar refractivity (Wildman–Crippen MR) is 139 cm³/mol. The van der Waals surface area contributed by atoms with E-state index in [-0.39, 0.29) is 24.3 Å². The molecule has 1 aliphatic rings. The van der Waals surface area contributed by atoms with Crippen molar-refractivity contribution in [3.63, 3.8) is 0 Å². The molecule has 0 saturated heterocycles. The first-order valence-corrected chi connectivity index (χ1v) is 13.1. The molecule has 10 heteroatoms. The van der Waals surface area contributed by atoms with Crippen LogP contribution >= 0.6 is 23.4 Å². The summed E-state index contributed by atoms with van der Waals surface area (Å²) in [7, 11) is 0. The van der Waals surface area contributed by atoms with Crippen LogP contribution in [0.15, 0.2) is 35.2 Å². The smallest absolute Gasteiger partial charge is 0.303 e. The standard InChI is InChI=1S/C22H26ClFN2OS.C4H6O4/c1-14(2)12-26-22(27)18-5-3-15(11-20(18)24)13-28-21-17-8-10-25-9-7-16(17)4-6-19(21)23;5-3(6)1-2-4(7)8/h3-6,11,14,25H,7-10,12-13H2,1-2H3,(H,26,27);1-2H2,(H,5,6)(H,7,8). The van der Waals surface area contributed by atoms with Crippen molar-refractivity contribution in [1.82, 2.24) is 10.6 Å². The van der Waals surface area contributed by atoms with Gasteiger partial charge in [0.2, 0.25) is 0 Å². The van der Waals surface area contributed by atoms with E-state index in [0.717, 1.165) is 41.4 Å². The molecule has 0 radical (unpaired) electrons. The van der Waals surface area contributed by atoms with Gasteiger partial charge < -0.3 is 20.8 Å². The van der Waals surface area contributed by atoms with Crippen molar-refractivity contribution in [2.75, 3.05) is 19.6 Å². The Bertz CT molecular complexity index is 1070. The van der Waals surface area contributed by atoms with Crippen LogP contribution in [0, 0.1) is 11.7 Å². The van der Waals surface area contributed by atoms with Gasteiger partial charge in [0.05, 0.1) is 23.4 Å². The molecular weight excluding hydrogens is 507 g/mol. The Balaban J connectivity index is 0.000000493. The first kappa shape index (κ1) is 29.6. The van der Waals surface area contributed by atoms with Crippen molar-refractivity contribution >= 4 is 41.2 Å². The minimum absolute atomic E-state index is 0.0899. The van der Waals surface area contributed by atoms with E-state index in [1.54, 1.807) is 17.8 Å². The summed E-state index contributed by atoms with van der Waals surface area (Å²) in [5.41, 5.74) is 3.56. The maximum Gasteiger partial charge on any atom is 0.303 e. The molecule has 0 unspecified atom stereocenters. The largest absolute Gasteiger partial charge is 0.481 e. The van der Waals surface area contributed by atoms with Gasteiger partial charge >= 0.3 is 11.9 Å². The third-order valence-electron chi connectivity index (χ3n) is 5.32. The van der Waals surface area contributed by atoms with E-state index in [1.807, 2.05) is 26.0 Å². The monoisotopic (exact) mass is 538 g/mol. The zero-order valence-electron chi connectivity index (χ0n) is 20.4. The Morgan fingerprint density at radius 1 is 1.08 bits per heavy atom. The van der Waals surface area contributed by atoms with Crippen molar-refractivity contribution in [3.05, 3.63) is 63.4 Å². The Kier molecular flexibility index (Phi) is 12.2. The second-order valence-corrected chi connectivity index (χ2v) is 10.2. The molecule has 7 nitrogen and oxygen atoms in total. The summed E-state index contributed by atoms with van der Waals surface area (Å²) in [6.07, 6.45) is 1.35. The van der Waals surface area contributed by atoms with E-state index in [1.165, 1.54) is 17.2 Å². The van der Waals surface area contributed by atoms with Crippen LogP contribution in [0.3, 0.4) is 0 Å². The number of hydrogen-bond donors (Lipinski definition) is 4. The molecular formula is C26H32ClFN2O5S. The third-order valence-corrected chi connectivity index (χ3v) is 6.98. The zero-order chi connectivity index (χ0) is 26.7. The van der Waals surface area contributed by atoms with Gasteiger partial charge in [-0.05, 0) is 66.7 Å². The third kappa shape index (κ3) is 9.79. The summed E-state index contributed by atoms with van der Waals surface area (Å²) >= 11 is 8.11. The number of carboxylic acid groups (broad SMARTS) is 2. The van der Waals surface area contributed by atoms with E-state index in [4.69, 9.17) is 21.8 Å². The van der Waals surface area contributed by atoms with E-state index in [2.05, 4.69) is 16.7 Å². The van der Waals surface area contributed by atoms with Crippen molar-refractivity contribution in [2.45, 2.75) is 50.2 Å². The minimum Gasteiger partial charge on any atom is -0.481 e. The Hall–Kier alpha value is -2.62. The number of rotatable bonds is 9. The van der Waals surface area contributed by atoms with E-state index in [0.29, 0.717) is 18.2 Å². The highest BCUT2D eigenvalue weighted by Gasteiger charge is 2.16. The van der Waals surface area contributed by atoms with Crippen LogP contribution in [0.1, 0.15) is 53.7 Å². The van der Waals surface area contributed by atoms with Gasteiger partial charge in [-0.2, -0.15) is 0 Å². The molecule has 2 aromatic carbocycles. The second kappa shape index (κ2) is 14.8. The lowest BCUT2D eigenvalue weighted by atomic mass is 10.0. The lowest BCUT2D eigenvalue weighted by Gasteiger charge is -2.14. The summed E-state index contributed by atoms with van der Waals surface area (Å²) in [5, 5.41) is 22.7. The zero-order valence-corrected chi connectivity index (χ0v) is 22.0. The first-order valence-electron chi connectivity index (χ1n) is 11.7. The van der Waals surface area contributed by atoms with Gasteiger partial charge in [0, 0.05) is 17.2 Å². The van der Waals surface area contributed by atoms with Crippen molar-refractivity contribution < 1.29 is 29.0 Å². The number of carboxylic acids is 2. The first-order chi connectivity index (χ1) is 17.1. The van der Waals surface area contributed by atoms with E-state index in [9.17, 15) is 18.8 Å². The van der Waals surface area contributed by atoms with Gasteiger partial charge in [-0.15, -0.1) is 11.8 Å². The number of amides is 1. The maximum atomic E-state index is 14.5. The molecule has 196 valence electrons. The molecule has 1 amide bonds. The van der Waals surface area contributed by atoms with Crippen molar-refractivity contribution in [2.24, 2.45) is 5.92 Å². The molecule has 1 aliphatic heterocycles. The van der Waals surface area contributed by atoms with Gasteiger partial charge in [-0.3, -0.25) is 14.4 Å². The molecule has 0 fully saturated rings. The number of carbonyl (C=O) groups excluding carboxylic acids is 1. The van der Waals surface area contributed by atoms with Gasteiger partial charge in [-0.1, -0.05) is 37.6 Å². The number of thioether (sulfide) groups is 1. The number of fused-ring (bicyclic) bond motifs is 1. The molecule has 4 N–H and O–H groups in total. The molecule has 36 heavy (non-hydrogen) atoms. The fourth-order valence-electron chi connectivity index (χ4n) is 3.46. The number of carbonyl (C=O) groups is 3. The average molecular weight is 539 g/mol. The molecule has 0 saturated carbocycles. The van der Waals surface area contributed by atoms with Gasteiger partial charge in [0.15, 0.2) is 0 Å². The van der Waals surface area contributed by atoms with Crippen LogP contribution in [-0.4, -0.2) is 47.7 Å². The Labute approximate surface area is 219 Å². The Morgan fingerprint density at radius 2 is 1.75 bits per heavy atom. The quantitative estimate of drug-likeness (QED) is 0.339. The number of nitrogens with one attached hydrogen (secondary N) is 2. The Morgan fingerprint density at radius 3 is 2.36 bits per heavy atom. The SMILES string of the molecule is CC(C)CNC(=O)c1ccc(CSc2c(Cl)ccc3c2CCNCC3)cc1F.O=C(O)CCC(=O)O. The number of halogens is 2. The van der Waals surface area contributed by atoms with Crippen molar-refractivity contribution in [1.29, 1.82) is 0 Å². The van der Waals surface area contributed by atoms with Crippen LogP contribution < -0.4 is 10.6 Å². The molecule has 0 spiro atoms. The van der Waals surface area contributed by atoms with Crippen LogP contribution in [0.4, 0.5) is 4.39 Å². The number of benzene rings is 2.